The van der Waals surface area contributed by atoms with Gasteiger partial charge in [0.1, 0.15) is 0 Å². The number of hydrogen-bond donors (Lipinski definition) is 1. The fourth-order valence-corrected chi connectivity index (χ4v) is 3.02. The molecule has 0 aliphatic carbocycles. The van der Waals surface area contributed by atoms with Crippen molar-refractivity contribution in [1.29, 1.82) is 0 Å². The summed E-state index contributed by atoms with van der Waals surface area (Å²) < 4.78 is 0. The van der Waals surface area contributed by atoms with Crippen molar-refractivity contribution in [2.75, 3.05) is 44.7 Å². The molecule has 2 rings (SSSR count). The Hall–Kier alpha value is 0.270. The average molecular weight is 200 g/mol. The van der Waals surface area contributed by atoms with Crippen LogP contribution in [0.1, 0.15) is 12.8 Å². The normalized spacial score (nSPS) is 34.8. The fraction of sp³-hybridized carbons (Fsp3) is 1.00. The number of hydrogen-bond acceptors (Lipinski definition) is 3. The van der Waals surface area contributed by atoms with E-state index in [9.17, 15) is 0 Å². The second-order valence-electron chi connectivity index (χ2n) is 4.45. The molecule has 1 atom stereocenters. The van der Waals surface area contributed by atoms with Gasteiger partial charge in [-0.3, -0.25) is 0 Å². The largest absolute Gasteiger partial charge is 0.316 e. The van der Waals surface area contributed by atoms with Crippen LogP contribution in [-0.2, 0) is 0 Å². The predicted octanol–water partition coefficient (Wildman–Crippen LogP) is 1.03. The van der Waals surface area contributed by atoms with Gasteiger partial charge in [0.25, 0.3) is 0 Å². The first kappa shape index (κ1) is 9.81. The van der Waals surface area contributed by atoms with Crippen LogP contribution in [0.15, 0.2) is 0 Å². The molecule has 0 aromatic rings. The van der Waals surface area contributed by atoms with Gasteiger partial charge in [0.15, 0.2) is 0 Å². The van der Waals surface area contributed by atoms with Crippen LogP contribution in [0.2, 0.25) is 0 Å². The Balaban J connectivity index is 1.79. The number of nitrogens with zero attached hydrogens (tertiary/aromatic N) is 1. The first-order chi connectivity index (χ1) is 6.35. The smallest absolute Gasteiger partial charge is 0.00725 e. The zero-order chi connectivity index (χ0) is 9.15. The topological polar surface area (TPSA) is 15.3 Å². The Morgan fingerprint density at radius 2 is 2.38 bits per heavy atom. The predicted molar refractivity (Wildman–Crippen MR) is 59.4 cm³/mol. The Bertz CT molecular complexity index is 166. The molecule has 13 heavy (non-hydrogen) atoms. The molecule has 1 spiro atoms. The lowest BCUT2D eigenvalue weighted by Crippen LogP contribution is -2.30. The molecule has 2 aliphatic heterocycles. The summed E-state index contributed by atoms with van der Waals surface area (Å²) in [6, 6.07) is 0. The Labute approximate surface area is 85.4 Å². The summed E-state index contributed by atoms with van der Waals surface area (Å²) >= 11 is 1.96. The van der Waals surface area contributed by atoms with E-state index in [0.717, 1.165) is 0 Å². The maximum Gasteiger partial charge on any atom is 0.00725 e. The first-order valence-corrected chi connectivity index (χ1v) is 6.66. The highest BCUT2D eigenvalue weighted by molar-refractivity contribution is 7.98. The maximum atomic E-state index is 3.50. The molecule has 2 saturated heterocycles. The SMILES string of the molecule is CSCCN1CCC2(CCNC2)C1. The van der Waals surface area contributed by atoms with Crippen LogP contribution in [0, 0.1) is 5.41 Å². The first-order valence-electron chi connectivity index (χ1n) is 5.27. The van der Waals surface area contributed by atoms with E-state index in [1.54, 1.807) is 0 Å². The lowest BCUT2D eigenvalue weighted by Gasteiger charge is -2.22. The van der Waals surface area contributed by atoms with Gasteiger partial charge in [-0.05, 0) is 37.6 Å². The van der Waals surface area contributed by atoms with Crippen molar-refractivity contribution in [3.05, 3.63) is 0 Å². The van der Waals surface area contributed by atoms with Gasteiger partial charge in [-0.1, -0.05) is 0 Å². The number of likely N-dealkylation sites (tertiary alicyclic amines) is 1. The molecule has 0 radical (unpaired) electrons. The van der Waals surface area contributed by atoms with Crippen molar-refractivity contribution >= 4 is 11.8 Å². The van der Waals surface area contributed by atoms with E-state index >= 15 is 0 Å². The van der Waals surface area contributed by atoms with Crippen LogP contribution in [0.3, 0.4) is 0 Å². The highest BCUT2D eigenvalue weighted by Gasteiger charge is 2.39. The molecular weight excluding hydrogens is 180 g/mol. The van der Waals surface area contributed by atoms with Crippen molar-refractivity contribution in [2.45, 2.75) is 12.8 Å². The quantitative estimate of drug-likeness (QED) is 0.733. The molecule has 0 saturated carbocycles. The molecular formula is C10H20N2S. The van der Waals surface area contributed by atoms with Gasteiger partial charge in [0, 0.05) is 25.4 Å². The van der Waals surface area contributed by atoms with E-state index < -0.39 is 0 Å². The van der Waals surface area contributed by atoms with Crippen molar-refractivity contribution in [1.82, 2.24) is 10.2 Å². The molecule has 0 aromatic heterocycles. The van der Waals surface area contributed by atoms with Crippen molar-refractivity contribution < 1.29 is 0 Å². The summed E-state index contributed by atoms with van der Waals surface area (Å²) in [5.74, 6) is 1.30. The minimum absolute atomic E-state index is 0.665. The number of nitrogens with one attached hydrogen (secondary N) is 1. The summed E-state index contributed by atoms with van der Waals surface area (Å²) in [6.45, 7) is 6.49. The molecule has 0 aromatic carbocycles. The van der Waals surface area contributed by atoms with E-state index in [-0.39, 0.29) is 0 Å². The van der Waals surface area contributed by atoms with Crippen molar-refractivity contribution in [3.8, 4) is 0 Å². The molecule has 76 valence electrons. The van der Waals surface area contributed by atoms with E-state index in [1.807, 2.05) is 11.8 Å². The summed E-state index contributed by atoms with van der Waals surface area (Å²) in [6.07, 6.45) is 5.03. The molecule has 2 nitrogen and oxygen atoms in total. The Kier molecular flexibility index (Phi) is 3.17. The average Bonchev–Trinajstić information content (AvgIpc) is 2.74. The molecule has 2 aliphatic rings. The lowest BCUT2D eigenvalue weighted by atomic mass is 9.87. The highest BCUT2D eigenvalue weighted by atomic mass is 32.2. The van der Waals surface area contributed by atoms with Gasteiger partial charge in [0.2, 0.25) is 0 Å². The zero-order valence-corrected chi connectivity index (χ0v) is 9.33. The second kappa shape index (κ2) is 4.20. The lowest BCUT2D eigenvalue weighted by molar-refractivity contribution is 0.286. The second-order valence-corrected chi connectivity index (χ2v) is 5.43. The van der Waals surface area contributed by atoms with E-state index in [4.69, 9.17) is 0 Å². The molecule has 0 amide bonds. The maximum absolute atomic E-state index is 3.50. The van der Waals surface area contributed by atoms with Crippen LogP contribution in [0.4, 0.5) is 0 Å². The van der Waals surface area contributed by atoms with E-state index in [0.29, 0.717) is 5.41 Å². The third kappa shape index (κ3) is 2.20. The third-order valence-electron chi connectivity index (χ3n) is 3.46. The monoisotopic (exact) mass is 200 g/mol. The summed E-state index contributed by atoms with van der Waals surface area (Å²) in [5, 5.41) is 3.50. The van der Waals surface area contributed by atoms with Crippen LogP contribution in [0.5, 0.6) is 0 Å². The van der Waals surface area contributed by atoms with E-state index in [2.05, 4.69) is 16.5 Å². The summed E-state index contributed by atoms with van der Waals surface area (Å²) in [4.78, 5) is 2.64. The molecule has 2 fully saturated rings. The minimum Gasteiger partial charge on any atom is -0.316 e. The number of rotatable bonds is 3. The molecule has 1 unspecified atom stereocenters. The van der Waals surface area contributed by atoms with Crippen LogP contribution in [0.25, 0.3) is 0 Å². The van der Waals surface area contributed by atoms with Gasteiger partial charge in [-0.25, -0.2) is 0 Å². The van der Waals surface area contributed by atoms with Crippen molar-refractivity contribution in [2.24, 2.45) is 5.41 Å². The van der Waals surface area contributed by atoms with Gasteiger partial charge >= 0.3 is 0 Å². The third-order valence-corrected chi connectivity index (χ3v) is 4.05. The zero-order valence-electron chi connectivity index (χ0n) is 8.51. The highest BCUT2D eigenvalue weighted by Crippen LogP contribution is 2.35. The van der Waals surface area contributed by atoms with Gasteiger partial charge in [-0.15, -0.1) is 0 Å². The molecule has 2 heterocycles. The van der Waals surface area contributed by atoms with Crippen LogP contribution in [-0.4, -0.2) is 49.6 Å². The van der Waals surface area contributed by atoms with Gasteiger partial charge in [0.05, 0.1) is 0 Å². The molecule has 1 N–H and O–H groups in total. The minimum atomic E-state index is 0.665. The van der Waals surface area contributed by atoms with Crippen LogP contribution < -0.4 is 5.32 Å². The number of thioether (sulfide) groups is 1. The standard InChI is InChI=1S/C10H20N2S/c1-13-7-6-12-5-3-10(9-12)2-4-11-8-10/h11H,2-9H2,1H3. The summed E-state index contributed by atoms with van der Waals surface area (Å²) in [7, 11) is 0. The summed E-state index contributed by atoms with van der Waals surface area (Å²) in [5.41, 5.74) is 0.665. The van der Waals surface area contributed by atoms with E-state index in [1.165, 1.54) is 51.3 Å². The van der Waals surface area contributed by atoms with Crippen molar-refractivity contribution in [3.63, 3.8) is 0 Å². The Morgan fingerprint density at radius 1 is 1.46 bits per heavy atom. The molecule has 0 bridgehead atoms. The Morgan fingerprint density at radius 3 is 3.08 bits per heavy atom. The fourth-order valence-electron chi connectivity index (χ4n) is 2.58. The molecule has 3 heteroatoms. The van der Waals surface area contributed by atoms with Gasteiger partial charge in [-0.2, -0.15) is 11.8 Å². The van der Waals surface area contributed by atoms with Crippen LogP contribution >= 0.6 is 11.8 Å². The van der Waals surface area contributed by atoms with Gasteiger partial charge < -0.3 is 10.2 Å².